The van der Waals surface area contributed by atoms with Crippen molar-refractivity contribution in [2.75, 3.05) is 49.6 Å². The van der Waals surface area contributed by atoms with Gasteiger partial charge in [0.05, 0.1) is 29.2 Å². The van der Waals surface area contributed by atoms with Gasteiger partial charge in [-0.1, -0.05) is 19.1 Å². The molecule has 41 heavy (non-hydrogen) atoms. The molecule has 3 heterocycles. The minimum Gasteiger partial charge on any atom is -0.394 e. The summed E-state index contributed by atoms with van der Waals surface area (Å²) in [6, 6.07) is 6.63. The zero-order valence-corrected chi connectivity index (χ0v) is 26.0. The second-order valence-corrected chi connectivity index (χ2v) is 13.5. The van der Waals surface area contributed by atoms with E-state index in [1.54, 1.807) is 45.7 Å². The van der Waals surface area contributed by atoms with E-state index in [0.29, 0.717) is 19.4 Å². The van der Waals surface area contributed by atoms with E-state index in [2.05, 4.69) is 38.8 Å². The highest BCUT2D eigenvalue weighted by molar-refractivity contribution is 8.02. The topological polar surface area (TPSA) is 84.4 Å². The number of likely N-dealkylation sites (N-methyl/N-ethyl adjacent to an activating group) is 1. The average Bonchev–Trinajstić information content (AvgIpc) is 3.54. The third kappa shape index (κ3) is 4.99. The molecule has 0 aromatic heterocycles. The molecule has 0 radical (unpaired) electrons. The molecule has 3 aliphatic rings. The number of amides is 3. The van der Waals surface area contributed by atoms with Gasteiger partial charge in [-0.25, -0.2) is 0 Å². The average molecular weight is 583 g/mol. The summed E-state index contributed by atoms with van der Waals surface area (Å²) in [4.78, 5) is 50.2. The van der Waals surface area contributed by atoms with Crippen molar-refractivity contribution >= 4 is 40.9 Å². The fraction of sp³-hybridized carbons (Fsp3) is 0.594. The third-order valence-electron chi connectivity index (χ3n) is 9.44. The minimum atomic E-state index is -0.797. The molecule has 2 bridgehead atoms. The lowest BCUT2D eigenvalue weighted by Gasteiger charge is -2.39. The molecular weight excluding hydrogens is 536 g/mol. The Kier molecular flexibility index (Phi) is 9.29. The molecule has 1 aromatic rings. The van der Waals surface area contributed by atoms with Crippen LogP contribution in [0.15, 0.2) is 49.6 Å². The van der Waals surface area contributed by atoms with Crippen molar-refractivity contribution in [2.45, 2.75) is 68.5 Å². The molecule has 6 atom stereocenters. The zero-order valence-electron chi connectivity index (χ0n) is 25.2. The smallest absolute Gasteiger partial charge is 0.251 e. The molecule has 3 saturated heterocycles. The van der Waals surface area contributed by atoms with E-state index < -0.39 is 33.4 Å². The van der Waals surface area contributed by atoms with Crippen LogP contribution in [0.4, 0.5) is 11.4 Å². The van der Waals surface area contributed by atoms with Crippen molar-refractivity contribution < 1.29 is 19.5 Å². The summed E-state index contributed by atoms with van der Waals surface area (Å²) < 4.78 is -1.20. The number of benzene rings is 1. The number of thioether (sulfide) groups is 1. The van der Waals surface area contributed by atoms with Crippen molar-refractivity contribution in [3.8, 4) is 0 Å². The Morgan fingerprint density at radius 1 is 1.07 bits per heavy atom. The van der Waals surface area contributed by atoms with Gasteiger partial charge in [-0.15, -0.1) is 24.9 Å². The summed E-state index contributed by atoms with van der Waals surface area (Å²) >= 11 is 1.65. The van der Waals surface area contributed by atoms with Crippen LogP contribution in [0.2, 0.25) is 0 Å². The number of aliphatic hydroxyl groups excluding tert-OH is 1. The Bertz CT molecular complexity index is 1170. The molecule has 0 saturated carbocycles. The highest BCUT2D eigenvalue weighted by atomic mass is 32.2. The number of fused-ring (bicyclic) bond motifs is 1. The molecule has 1 aromatic carbocycles. The van der Waals surface area contributed by atoms with Crippen LogP contribution in [0.5, 0.6) is 0 Å². The number of hydrogen-bond acceptors (Lipinski definition) is 6. The van der Waals surface area contributed by atoms with Gasteiger partial charge in [0.25, 0.3) is 5.91 Å². The maximum absolute atomic E-state index is 14.8. The van der Waals surface area contributed by atoms with Gasteiger partial charge in [-0.2, -0.15) is 0 Å². The molecule has 0 aliphatic carbocycles. The van der Waals surface area contributed by atoms with Crippen molar-refractivity contribution in [1.82, 2.24) is 9.80 Å². The Balaban J connectivity index is 1.80. The second-order valence-electron chi connectivity index (χ2n) is 11.7. The number of aliphatic hydroxyl groups is 1. The maximum atomic E-state index is 14.8. The number of likely N-dealkylation sites (tertiary alicyclic amines) is 1. The van der Waals surface area contributed by atoms with E-state index in [1.807, 2.05) is 31.2 Å². The molecule has 3 fully saturated rings. The van der Waals surface area contributed by atoms with Crippen LogP contribution < -0.4 is 9.80 Å². The van der Waals surface area contributed by atoms with E-state index in [9.17, 15) is 19.5 Å². The van der Waals surface area contributed by atoms with Gasteiger partial charge in [0.1, 0.15) is 6.04 Å². The number of carbonyl (C=O) groups excluding carboxylic acids is 3. The summed E-state index contributed by atoms with van der Waals surface area (Å²) in [6.07, 6.45) is 5.30. The van der Waals surface area contributed by atoms with Crippen LogP contribution in [0.25, 0.3) is 0 Å². The molecule has 4 rings (SSSR count). The molecule has 8 nitrogen and oxygen atoms in total. The fourth-order valence-electron chi connectivity index (χ4n) is 7.38. The van der Waals surface area contributed by atoms with Crippen LogP contribution in [0.3, 0.4) is 0 Å². The molecule has 1 N–H and O–H groups in total. The number of hydrogen-bond donors (Lipinski definition) is 1. The van der Waals surface area contributed by atoms with Gasteiger partial charge >= 0.3 is 0 Å². The van der Waals surface area contributed by atoms with Crippen LogP contribution in [0, 0.1) is 11.8 Å². The van der Waals surface area contributed by atoms with Crippen molar-refractivity contribution in [2.24, 2.45) is 11.8 Å². The number of rotatable bonds is 13. The predicted octanol–water partition coefficient (Wildman–Crippen LogP) is 3.95. The standard InChI is InChI=1S/C32H46N4O4S/c1-8-19-33(7)28(38)25-26-29(39)36(22(10-3)21-37)27(32(26)18-17-31(25,6)41-32)30(40)35(20-9-2)24-15-13-23(14-16-24)34(11-4)12-5/h8-9,13-16,22,25-27,37H,1-2,10-12,17-21H2,3-7H3/t22-,25-,26-,27?,31+,32?/m0/s1. The van der Waals surface area contributed by atoms with E-state index in [0.717, 1.165) is 30.9 Å². The van der Waals surface area contributed by atoms with E-state index in [4.69, 9.17) is 0 Å². The van der Waals surface area contributed by atoms with Crippen LogP contribution >= 0.6 is 11.8 Å². The first-order valence-electron chi connectivity index (χ1n) is 14.8. The van der Waals surface area contributed by atoms with Crippen molar-refractivity contribution in [1.29, 1.82) is 0 Å². The predicted molar refractivity (Wildman–Crippen MR) is 167 cm³/mol. The lowest BCUT2D eigenvalue weighted by Crippen LogP contribution is -2.57. The minimum absolute atomic E-state index is 0.0835. The molecule has 2 unspecified atom stereocenters. The van der Waals surface area contributed by atoms with Crippen molar-refractivity contribution in [3.63, 3.8) is 0 Å². The first kappa shape index (κ1) is 31.2. The largest absolute Gasteiger partial charge is 0.394 e. The highest BCUT2D eigenvalue weighted by Crippen LogP contribution is 2.72. The van der Waals surface area contributed by atoms with Gasteiger partial charge in [0, 0.05) is 49.3 Å². The zero-order chi connectivity index (χ0) is 30.1. The molecule has 9 heteroatoms. The number of anilines is 2. The quantitative estimate of drug-likeness (QED) is 0.355. The summed E-state index contributed by atoms with van der Waals surface area (Å²) in [7, 11) is 1.74. The lowest BCUT2D eigenvalue weighted by atomic mass is 9.66. The van der Waals surface area contributed by atoms with Crippen LogP contribution in [-0.4, -0.2) is 94.0 Å². The van der Waals surface area contributed by atoms with Crippen molar-refractivity contribution in [3.05, 3.63) is 49.6 Å². The molecular formula is C32H46N4O4S. The molecule has 224 valence electrons. The number of nitrogens with zero attached hydrogens (tertiary/aromatic N) is 4. The summed E-state index contributed by atoms with van der Waals surface area (Å²) in [5.41, 5.74) is 1.81. The Morgan fingerprint density at radius 2 is 1.68 bits per heavy atom. The number of carbonyl (C=O) groups is 3. The normalized spacial score (nSPS) is 28.8. The van der Waals surface area contributed by atoms with E-state index in [1.165, 1.54) is 0 Å². The molecule has 1 spiro atoms. The van der Waals surface area contributed by atoms with Crippen LogP contribution in [0.1, 0.15) is 47.0 Å². The summed E-state index contributed by atoms with van der Waals surface area (Å²) in [6.45, 7) is 18.1. The summed E-state index contributed by atoms with van der Waals surface area (Å²) in [5, 5.41) is 10.4. The summed E-state index contributed by atoms with van der Waals surface area (Å²) in [5.74, 6) is -1.64. The first-order valence-corrected chi connectivity index (χ1v) is 15.7. The molecule has 3 amide bonds. The van der Waals surface area contributed by atoms with E-state index >= 15 is 0 Å². The first-order chi connectivity index (χ1) is 19.6. The van der Waals surface area contributed by atoms with E-state index in [-0.39, 0.29) is 30.9 Å². The highest BCUT2D eigenvalue weighted by Gasteiger charge is 2.78. The third-order valence-corrected chi connectivity index (χ3v) is 11.4. The lowest BCUT2D eigenvalue weighted by molar-refractivity contribution is -0.145. The molecule has 3 aliphatic heterocycles. The van der Waals surface area contributed by atoms with Gasteiger partial charge in [0.2, 0.25) is 11.8 Å². The van der Waals surface area contributed by atoms with Gasteiger partial charge < -0.3 is 24.7 Å². The van der Waals surface area contributed by atoms with Gasteiger partial charge in [-0.05, 0) is 64.3 Å². The second kappa shape index (κ2) is 12.2. The Morgan fingerprint density at radius 3 is 2.22 bits per heavy atom. The van der Waals surface area contributed by atoms with Gasteiger partial charge in [-0.3, -0.25) is 14.4 Å². The fourth-order valence-corrected chi connectivity index (χ4v) is 9.71. The van der Waals surface area contributed by atoms with Crippen LogP contribution in [-0.2, 0) is 14.4 Å². The van der Waals surface area contributed by atoms with Gasteiger partial charge in [0.15, 0.2) is 0 Å². The maximum Gasteiger partial charge on any atom is 0.251 e. The monoisotopic (exact) mass is 582 g/mol. The Hall–Kier alpha value is -2.78. The Labute approximate surface area is 249 Å². The SMILES string of the molecule is C=CCN(C)C(=O)[C@@H]1[C@H]2C(=O)N([C@@H](CC)CO)C(C(=O)N(CC=C)c3ccc(N(CC)CC)cc3)C23CC[C@@]1(C)S3.